The van der Waals surface area contributed by atoms with E-state index in [0.717, 1.165) is 5.56 Å². The summed E-state index contributed by atoms with van der Waals surface area (Å²) in [6, 6.07) is 15.0. The van der Waals surface area contributed by atoms with Gasteiger partial charge in [0.25, 0.3) is 0 Å². The number of esters is 1. The zero-order chi connectivity index (χ0) is 19.9. The number of ether oxygens (including phenoxy) is 2. The van der Waals surface area contributed by atoms with Crippen LogP contribution >= 0.6 is 11.3 Å². The number of anilines is 1. The largest absolute Gasteiger partial charge is 0.496 e. The summed E-state index contributed by atoms with van der Waals surface area (Å²) in [5, 5.41) is 5.49. The van der Waals surface area contributed by atoms with Crippen molar-refractivity contribution in [2.75, 3.05) is 12.4 Å². The van der Waals surface area contributed by atoms with E-state index in [2.05, 4.69) is 10.3 Å². The van der Waals surface area contributed by atoms with Gasteiger partial charge < -0.3 is 14.8 Å². The molecular formula is C21H20N2O4S. The van der Waals surface area contributed by atoms with E-state index in [0.29, 0.717) is 28.6 Å². The fraction of sp³-hybridized carbons (Fsp3) is 0.190. The highest BCUT2D eigenvalue weighted by molar-refractivity contribution is 7.13. The first kappa shape index (κ1) is 19.6. The number of rotatable bonds is 8. The third-order valence-electron chi connectivity index (χ3n) is 4.05. The van der Waals surface area contributed by atoms with Crippen LogP contribution in [0.1, 0.15) is 38.9 Å². The quantitative estimate of drug-likeness (QED) is 0.451. The molecule has 0 amide bonds. The van der Waals surface area contributed by atoms with Gasteiger partial charge in [-0.1, -0.05) is 30.3 Å². The Kier molecular flexibility index (Phi) is 6.39. The van der Waals surface area contributed by atoms with E-state index in [4.69, 9.17) is 9.47 Å². The molecule has 6 nitrogen and oxygen atoms in total. The lowest BCUT2D eigenvalue weighted by Crippen LogP contribution is -2.08. The molecule has 0 bridgehead atoms. The standard InChI is InChI=1S/C21H20N2O4S/c1-14(24)16-8-9-19(26-2)17(10-16)12-27-20(25)18-13-28-21(23-18)22-11-15-6-4-3-5-7-15/h3-10,13H,11-12H2,1-2H3,(H,22,23). The normalized spacial score (nSPS) is 10.4. The SMILES string of the molecule is COc1ccc(C(C)=O)cc1COC(=O)c1csc(NCc2ccccc2)n1. The van der Waals surface area contributed by atoms with E-state index >= 15 is 0 Å². The van der Waals surface area contributed by atoms with E-state index in [9.17, 15) is 9.59 Å². The molecule has 0 fully saturated rings. The number of benzene rings is 2. The molecule has 1 N–H and O–H groups in total. The Morgan fingerprint density at radius 3 is 2.64 bits per heavy atom. The van der Waals surface area contributed by atoms with Gasteiger partial charge in [0, 0.05) is 23.1 Å². The number of methoxy groups -OCH3 is 1. The van der Waals surface area contributed by atoms with Crippen molar-refractivity contribution in [3.8, 4) is 5.75 Å². The Balaban J connectivity index is 1.60. The molecule has 28 heavy (non-hydrogen) atoms. The minimum Gasteiger partial charge on any atom is -0.496 e. The summed E-state index contributed by atoms with van der Waals surface area (Å²) in [7, 11) is 1.53. The molecule has 0 radical (unpaired) electrons. The average Bonchev–Trinajstić information content (AvgIpc) is 3.20. The first-order valence-electron chi connectivity index (χ1n) is 8.65. The third kappa shape index (κ3) is 4.95. The van der Waals surface area contributed by atoms with E-state index in [1.807, 2.05) is 30.3 Å². The Bertz CT molecular complexity index is 970. The van der Waals surface area contributed by atoms with Crippen LogP contribution in [0.4, 0.5) is 5.13 Å². The number of Topliss-reactive ketones (excluding diaryl/α,β-unsaturated/α-hetero) is 1. The number of thiazole rings is 1. The average molecular weight is 396 g/mol. The summed E-state index contributed by atoms with van der Waals surface area (Å²) < 4.78 is 10.6. The van der Waals surface area contributed by atoms with Crippen LogP contribution in [0.2, 0.25) is 0 Å². The zero-order valence-electron chi connectivity index (χ0n) is 15.6. The van der Waals surface area contributed by atoms with Crippen molar-refractivity contribution < 1.29 is 19.1 Å². The first-order chi connectivity index (χ1) is 13.6. The van der Waals surface area contributed by atoms with Gasteiger partial charge >= 0.3 is 5.97 Å². The molecule has 2 aromatic carbocycles. The minimum atomic E-state index is -0.528. The van der Waals surface area contributed by atoms with Crippen molar-refractivity contribution in [2.45, 2.75) is 20.1 Å². The summed E-state index contributed by atoms with van der Waals surface area (Å²) in [6.07, 6.45) is 0. The topological polar surface area (TPSA) is 77.5 Å². The van der Waals surface area contributed by atoms with Crippen molar-refractivity contribution in [1.82, 2.24) is 4.98 Å². The Hall–Kier alpha value is -3.19. The van der Waals surface area contributed by atoms with Crippen molar-refractivity contribution in [3.05, 3.63) is 76.3 Å². The van der Waals surface area contributed by atoms with Crippen LogP contribution in [0.5, 0.6) is 5.75 Å². The van der Waals surface area contributed by atoms with Crippen LogP contribution in [-0.2, 0) is 17.9 Å². The number of aromatic nitrogens is 1. The van der Waals surface area contributed by atoms with Crippen LogP contribution in [-0.4, -0.2) is 23.8 Å². The molecule has 144 valence electrons. The van der Waals surface area contributed by atoms with Crippen LogP contribution < -0.4 is 10.1 Å². The van der Waals surface area contributed by atoms with Crippen molar-refractivity contribution >= 4 is 28.2 Å². The number of nitrogens with one attached hydrogen (secondary N) is 1. The smallest absolute Gasteiger partial charge is 0.358 e. The highest BCUT2D eigenvalue weighted by atomic mass is 32.1. The molecule has 0 aliphatic rings. The molecule has 0 saturated heterocycles. The molecule has 3 rings (SSSR count). The van der Waals surface area contributed by atoms with Crippen LogP contribution in [0.3, 0.4) is 0 Å². The lowest BCUT2D eigenvalue weighted by atomic mass is 10.1. The third-order valence-corrected chi connectivity index (χ3v) is 4.85. The van der Waals surface area contributed by atoms with E-state index in [1.165, 1.54) is 25.4 Å². The molecule has 1 heterocycles. The van der Waals surface area contributed by atoms with E-state index < -0.39 is 5.97 Å². The molecule has 1 aromatic heterocycles. The number of hydrogen-bond donors (Lipinski definition) is 1. The number of ketones is 1. The Labute approximate surface area is 167 Å². The summed E-state index contributed by atoms with van der Waals surface area (Å²) in [4.78, 5) is 28.1. The van der Waals surface area contributed by atoms with Gasteiger partial charge in [0.2, 0.25) is 0 Å². The predicted octanol–water partition coefficient (Wildman–Crippen LogP) is 4.32. The molecular weight excluding hydrogens is 376 g/mol. The number of carbonyl (C=O) groups excluding carboxylic acids is 2. The van der Waals surface area contributed by atoms with Crippen LogP contribution in [0, 0.1) is 0 Å². The number of nitrogens with zero attached hydrogens (tertiary/aromatic N) is 1. The van der Waals surface area contributed by atoms with Gasteiger partial charge in [0.15, 0.2) is 16.6 Å². The molecule has 3 aromatic rings. The maximum absolute atomic E-state index is 12.3. The molecule has 0 aliphatic carbocycles. The maximum atomic E-state index is 12.3. The van der Waals surface area contributed by atoms with E-state index in [1.54, 1.807) is 23.6 Å². The maximum Gasteiger partial charge on any atom is 0.358 e. The van der Waals surface area contributed by atoms with Gasteiger partial charge in [-0.3, -0.25) is 4.79 Å². The molecule has 0 unspecified atom stereocenters. The lowest BCUT2D eigenvalue weighted by Gasteiger charge is -2.10. The van der Waals surface area contributed by atoms with Gasteiger partial charge in [0.05, 0.1) is 7.11 Å². The molecule has 0 spiro atoms. The van der Waals surface area contributed by atoms with Gasteiger partial charge in [-0.25, -0.2) is 9.78 Å². The van der Waals surface area contributed by atoms with E-state index in [-0.39, 0.29) is 18.1 Å². The second-order valence-corrected chi connectivity index (χ2v) is 6.89. The second kappa shape index (κ2) is 9.14. The molecule has 0 saturated carbocycles. The first-order valence-corrected chi connectivity index (χ1v) is 9.53. The highest BCUT2D eigenvalue weighted by Crippen LogP contribution is 2.22. The monoisotopic (exact) mass is 396 g/mol. The second-order valence-electron chi connectivity index (χ2n) is 6.04. The Morgan fingerprint density at radius 1 is 1.14 bits per heavy atom. The van der Waals surface area contributed by atoms with Crippen LogP contribution in [0.15, 0.2) is 53.9 Å². The van der Waals surface area contributed by atoms with Gasteiger partial charge in [-0.05, 0) is 30.7 Å². The summed E-state index contributed by atoms with van der Waals surface area (Å²) in [5.41, 5.74) is 2.52. The molecule has 0 aliphatic heterocycles. The minimum absolute atomic E-state index is 0.00652. The van der Waals surface area contributed by atoms with Crippen molar-refractivity contribution in [2.24, 2.45) is 0 Å². The molecule has 7 heteroatoms. The highest BCUT2D eigenvalue weighted by Gasteiger charge is 2.15. The van der Waals surface area contributed by atoms with Crippen LogP contribution in [0.25, 0.3) is 0 Å². The Morgan fingerprint density at radius 2 is 1.93 bits per heavy atom. The van der Waals surface area contributed by atoms with Gasteiger partial charge in [0.1, 0.15) is 12.4 Å². The van der Waals surface area contributed by atoms with Crippen molar-refractivity contribution in [1.29, 1.82) is 0 Å². The summed E-state index contributed by atoms with van der Waals surface area (Å²) in [5.74, 6) is -0.0375. The summed E-state index contributed by atoms with van der Waals surface area (Å²) in [6.45, 7) is 2.10. The number of hydrogen-bond acceptors (Lipinski definition) is 7. The summed E-state index contributed by atoms with van der Waals surface area (Å²) >= 11 is 1.34. The zero-order valence-corrected chi connectivity index (χ0v) is 16.4. The molecule has 0 atom stereocenters. The lowest BCUT2D eigenvalue weighted by molar-refractivity contribution is 0.0464. The predicted molar refractivity (Wildman–Crippen MR) is 108 cm³/mol. The van der Waals surface area contributed by atoms with Crippen molar-refractivity contribution in [3.63, 3.8) is 0 Å². The fourth-order valence-electron chi connectivity index (χ4n) is 2.55. The fourth-order valence-corrected chi connectivity index (χ4v) is 3.23. The number of carbonyl (C=O) groups is 2. The van der Waals surface area contributed by atoms with Gasteiger partial charge in [-0.15, -0.1) is 11.3 Å². The van der Waals surface area contributed by atoms with Gasteiger partial charge in [-0.2, -0.15) is 0 Å².